The predicted octanol–water partition coefficient (Wildman–Crippen LogP) is 5.05. The van der Waals surface area contributed by atoms with E-state index in [1.165, 1.54) is 5.56 Å². The number of carbonyl (C=O) groups excluding carboxylic acids is 4. The summed E-state index contributed by atoms with van der Waals surface area (Å²) < 4.78 is 9.44. The van der Waals surface area contributed by atoms with Crippen LogP contribution in [0.15, 0.2) is 71.8 Å². The van der Waals surface area contributed by atoms with Gasteiger partial charge in [0, 0.05) is 79.3 Å². The van der Waals surface area contributed by atoms with E-state index in [0.717, 1.165) is 89.3 Å². The Labute approximate surface area is 317 Å². The molecule has 4 aliphatic heterocycles. The molecule has 4 amide bonds. The Morgan fingerprint density at radius 2 is 1.62 bits per heavy atom. The normalized spacial score (nSPS) is 18.9. The molecule has 9 rings (SSSR count). The van der Waals surface area contributed by atoms with Gasteiger partial charge in [0.05, 0.1) is 41.7 Å². The summed E-state index contributed by atoms with van der Waals surface area (Å²) in [4.78, 5) is 69.0. The maximum atomic E-state index is 13.4. The number of piperidine rings is 2. The van der Waals surface area contributed by atoms with E-state index in [1.54, 1.807) is 23.8 Å². The molecule has 0 radical (unpaired) electrons. The van der Waals surface area contributed by atoms with Crippen molar-refractivity contribution in [2.75, 3.05) is 36.5 Å². The van der Waals surface area contributed by atoms with Gasteiger partial charge in [-0.2, -0.15) is 5.10 Å². The van der Waals surface area contributed by atoms with Crippen molar-refractivity contribution >= 4 is 51.6 Å². The summed E-state index contributed by atoms with van der Waals surface area (Å²) in [5.74, 6) is -1.30. The summed E-state index contributed by atoms with van der Waals surface area (Å²) in [6, 6.07) is 17.1. The van der Waals surface area contributed by atoms with E-state index in [1.807, 2.05) is 38.4 Å². The molecular weight excluding hydrogens is 699 g/mol. The zero-order valence-corrected chi connectivity index (χ0v) is 31.0. The average molecular weight is 740 g/mol. The van der Waals surface area contributed by atoms with Gasteiger partial charge in [0.15, 0.2) is 0 Å². The lowest BCUT2D eigenvalue weighted by Gasteiger charge is -2.34. The van der Waals surface area contributed by atoms with Crippen molar-refractivity contribution in [1.29, 1.82) is 0 Å². The number of ether oxygens (including phenoxy) is 1. The Bertz CT molecular complexity index is 2510. The summed E-state index contributed by atoms with van der Waals surface area (Å²) in [5.41, 5.74) is 8.56. The number of hydrogen-bond acceptors (Lipinski definition) is 9. The summed E-state index contributed by atoms with van der Waals surface area (Å²) in [6.45, 7) is 4.21. The molecule has 0 aliphatic carbocycles. The van der Waals surface area contributed by atoms with Crippen LogP contribution in [0, 0.1) is 6.92 Å². The third kappa shape index (κ3) is 5.76. The van der Waals surface area contributed by atoms with Crippen LogP contribution in [0.2, 0.25) is 0 Å². The number of amides is 4. The molecule has 1 N–H and O–H groups in total. The summed E-state index contributed by atoms with van der Waals surface area (Å²) in [6.07, 6.45) is 7.94. The van der Waals surface area contributed by atoms with Gasteiger partial charge < -0.3 is 19.1 Å². The zero-order chi connectivity index (χ0) is 38.1. The number of hydrogen-bond donors (Lipinski definition) is 1. The fourth-order valence-corrected chi connectivity index (χ4v) is 8.77. The van der Waals surface area contributed by atoms with Gasteiger partial charge in [-0.05, 0) is 86.6 Å². The van der Waals surface area contributed by atoms with Crippen molar-refractivity contribution in [2.24, 2.45) is 7.05 Å². The largest absolute Gasteiger partial charge is 0.497 e. The number of pyridine rings is 1. The number of nitrogens with one attached hydrogen (secondary N) is 1. The molecule has 13 heteroatoms. The summed E-state index contributed by atoms with van der Waals surface area (Å²) in [7, 11) is 3.46. The van der Waals surface area contributed by atoms with Crippen LogP contribution in [0.3, 0.4) is 0 Å². The van der Waals surface area contributed by atoms with Gasteiger partial charge in [0.25, 0.3) is 17.4 Å². The first-order valence-corrected chi connectivity index (χ1v) is 18.8. The van der Waals surface area contributed by atoms with E-state index in [2.05, 4.69) is 50.3 Å². The average Bonchev–Trinajstić information content (AvgIpc) is 3.79. The highest BCUT2D eigenvalue weighted by Gasteiger charge is 2.45. The number of rotatable bonds is 6. The summed E-state index contributed by atoms with van der Waals surface area (Å²) in [5, 5.41) is 8.06. The van der Waals surface area contributed by atoms with Crippen molar-refractivity contribution in [3.8, 4) is 16.9 Å². The van der Waals surface area contributed by atoms with Gasteiger partial charge in [0.1, 0.15) is 11.8 Å². The third-order valence-electron chi connectivity index (χ3n) is 11.8. The molecule has 1 atom stereocenters. The number of benzene rings is 3. The maximum Gasteiger partial charge on any atom is 0.262 e. The molecule has 13 nitrogen and oxygen atoms in total. The quantitative estimate of drug-likeness (QED) is 0.237. The van der Waals surface area contributed by atoms with Crippen LogP contribution in [-0.2, 0) is 23.1 Å². The number of aromatic nitrogens is 3. The molecule has 2 aromatic heterocycles. The van der Waals surface area contributed by atoms with E-state index < -0.39 is 29.7 Å². The molecule has 4 aliphatic rings. The number of carbonyl (C=O) groups is 4. The van der Waals surface area contributed by atoms with Gasteiger partial charge in [-0.3, -0.25) is 38.9 Å². The molecule has 55 heavy (non-hydrogen) atoms. The molecule has 2 fully saturated rings. The van der Waals surface area contributed by atoms with Crippen LogP contribution in [-0.4, -0.2) is 75.7 Å². The SMILES string of the molecule is COc1cc(N2CCCc3cc(-c4cnn(C5CCN(c6ccc7c(c6)C(=O)N(C6CCC(=O)NC6=O)C7=O)CC5)c4)ccc32)c2cc(C)c(=O)n(C)c2c1. The van der Waals surface area contributed by atoms with Gasteiger partial charge in [-0.25, -0.2) is 0 Å². The minimum absolute atomic E-state index is 0.0152. The van der Waals surface area contributed by atoms with Crippen LogP contribution in [0.1, 0.15) is 70.0 Å². The fraction of sp³-hybridized carbons (Fsp3) is 0.333. The lowest BCUT2D eigenvalue weighted by atomic mass is 9.96. The number of aryl methyl sites for hydroxylation is 3. The van der Waals surface area contributed by atoms with Crippen LogP contribution in [0.25, 0.3) is 22.0 Å². The van der Waals surface area contributed by atoms with Crippen molar-refractivity contribution in [2.45, 2.75) is 57.5 Å². The first kappa shape index (κ1) is 34.5. The van der Waals surface area contributed by atoms with Gasteiger partial charge >= 0.3 is 0 Å². The lowest BCUT2D eigenvalue weighted by Crippen LogP contribution is -2.54. The second-order valence-electron chi connectivity index (χ2n) is 15.0. The van der Waals surface area contributed by atoms with E-state index in [4.69, 9.17) is 9.84 Å². The minimum Gasteiger partial charge on any atom is -0.497 e. The monoisotopic (exact) mass is 739 g/mol. The van der Waals surface area contributed by atoms with E-state index in [9.17, 15) is 24.0 Å². The first-order valence-electron chi connectivity index (χ1n) is 18.8. The van der Waals surface area contributed by atoms with Crippen LogP contribution >= 0.6 is 0 Å². The van der Waals surface area contributed by atoms with E-state index >= 15 is 0 Å². The van der Waals surface area contributed by atoms with Crippen molar-refractivity contribution in [3.05, 3.63) is 99.6 Å². The molecule has 0 bridgehead atoms. The Hall–Kier alpha value is -6.24. The number of anilines is 3. The van der Waals surface area contributed by atoms with Crippen molar-refractivity contribution in [3.63, 3.8) is 0 Å². The molecule has 5 aromatic rings. The van der Waals surface area contributed by atoms with Gasteiger partial charge in [0.2, 0.25) is 11.8 Å². The third-order valence-corrected chi connectivity index (χ3v) is 11.8. The Kier molecular flexibility index (Phi) is 8.32. The molecule has 0 saturated carbocycles. The zero-order valence-electron chi connectivity index (χ0n) is 31.0. The van der Waals surface area contributed by atoms with Crippen LogP contribution in [0.4, 0.5) is 17.1 Å². The Morgan fingerprint density at radius 1 is 0.818 bits per heavy atom. The number of methoxy groups -OCH3 is 1. The Morgan fingerprint density at radius 3 is 2.40 bits per heavy atom. The lowest BCUT2D eigenvalue weighted by molar-refractivity contribution is -0.136. The maximum absolute atomic E-state index is 13.4. The minimum atomic E-state index is -0.984. The highest BCUT2D eigenvalue weighted by molar-refractivity contribution is 6.23. The number of fused-ring (bicyclic) bond motifs is 3. The molecule has 1 unspecified atom stereocenters. The van der Waals surface area contributed by atoms with E-state index in [-0.39, 0.29) is 35.6 Å². The highest BCUT2D eigenvalue weighted by atomic mass is 16.5. The molecule has 3 aromatic carbocycles. The molecule has 6 heterocycles. The molecular formula is C42H41N7O6. The number of nitrogens with zero attached hydrogens (tertiary/aromatic N) is 6. The second kappa shape index (κ2) is 13.3. The predicted molar refractivity (Wildman–Crippen MR) is 207 cm³/mol. The van der Waals surface area contributed by atoms with Crippen LogP contribution in [0.5, 0.6) is 5.75 Å². The first-order chi connectivity index (χ1) is 26.6. The van der Waals surface area contributed by atoms with Crippen molar-refractivity contribution in [1.82, 2.24) is 24.6 Å². The molecule has 280 valence electrons. The van der Waals surface area contributed by atoms with Gasteiger partial charge in [-0.15, -0.1) is 0 Å². The second-order valence-corrected chi connectivity index (χ2v) is 15.0. The molecule has 2 saturated heterocycles. The summed E-state index contributed by atoms with van der Waals surface area (Å²) >= 11 is 0. The Balaban J connectivity index is 0.902. The standard InChI is InChI=1S/C42H41N7O6/c1-24-17-33-36(45(2)40(24)52)20-30(55-3)21-37(33)47-14-4-5-26-18-25(6-9-34(26)47)27-22-43-48(23-27)28-12-15-46(16-13-28)29-7-8-31-32(19-29)42(54)49(41(31)53)35-10-11-38(50)44-39(35)51/h6-9,17-23,28,35H,4-5,10-16H2,1-3H3,(H,44,50,51). The number of imide groups is 2. The van der Waals surface area contributed by atoms with E-state index in [0.29, 0.717) is 11.3 Å². The van der Waals surface area contributed by atoms with Gasteiger partial charge in [-0.1, -0.05) is 6.07 Å². The smallest absolute Gasteiger partial charge is 0.262 e. The fourth-order valence-electron chi connectivity index (χ4n) is 8.77. The highest BCUT2D eigenvalue weighted by Crippen LogP contribution is 2.41. The molecule has 0 spiro atoms. The van der Waals surface area contributed by atoms with Crippen molar-refractivity contribution < 1.29 is 23.9 Å². The van der Waals surface area contributed by atoms with Crippen LogP contribution < -0.4 is 25.4 Å². The topological polar surface area (TPSA) is 139 Å².